The van der Waals surface area contributed by atoms with Gasteiger partial charge in [0.25, 0.3) is 0 Å². The van der Waals surface area contributed by atoms with Crippen LogP contribution < -0.4 is 0 Å². The summed E-state index contributed by atoms with van der Waals surface area (Å²) >= 11 is 7.46. The van der Waals surface area contributed by atoms with E-state index in [9.17, 15) is 4.79 Å². The van der Waals surface area contributed by atoms with Crippen molar-refractivity contribution in [1.29, 1.82) is 0 Å². The summed E-state index contributed by atoms with van der Waals surface area (Å²) in [5, 5.41) is 12.2. The fourth-order valence-corrected chi connectivity index (χ4v) is 2.73. The molecule has 0 saturated heterocycles. The zero-order valence-corrected chi connectivity index (χ0v) is 8.95. The highest BCUT2D eigenvalue weighted by Crippen LogP contribution is 2.34. The van der Waals surface area contributed by atoms with Crippen molar-refractivity contribution in [2.45, 2.75) is 6.92 Å². The van der Waals surface area contributed by atoms with E-state index in [0.29, 0.717) is 5.02 Å². The number of carboxylic acids is 1. The van der Waals surface area contributed by atoms with Gasteiger partial charge in [0, 0.05) is 0 Å². The number of rotatable bonds is 1. The van der Waals surface area contributed by atoms with Gasteiger partial charge in [-0.15, -0.1) is 11.3 Å². The molecule has 72 valence electrons. The molecule has 0 unspecified atom stereocenters. The van der Waals surface area contributed by atoms with Gasteiger partial charge in [0.05, 0.1) is 15.3 Å². The lowest BCUT2D eigenvalue weighted by atomic mass is 10.1. The number of fused-ring (bicyclic) bond motifs is 1. The van der Waals surface area contributed by atoms with Crippen molar-refractivity contribution in [3.05, 3.63) is 33.7 Å². The maximum Gasteiger partial charge on any atom is 0.337 e. The zero-order valence-electron chi connectivity index (χ0n) is 7.37. The molecule has 2 rings (SSSR count). The summed E-state index contributed by atoms with van der Waals surface area (Å²) in [7, 11) is 0. The van der Waals surface area contributed by atoms with Crippen LogP contribution in [0.15, 0.2) is 17.5 Å². The molecule has 4 heteroatoms. The largest absolute Gasteiger partial charge is 0.478 e. The molecule has 1 aromatic heterocycles. The van der Waals surface area contributed by atoms with Crippen molar-refractivity contribution in [3.8, 4) is 0 Å². The molecule has 1 heterocycles. The van der Waals surface area contributed by atoms with Crippen LogP contribution in [-0.4, -0.2) is 11.1 Å². The molecule has 0 radical (unpaired) electrons. The molecule has 0 amide bonds. The lowest BCUT2D eigenvalue weighted by molar-refractivity contribution is 0.0697. The van der Waals surface area contributed by atoms with E-state index < -0.39 is 5.97 Å². The van der Waals surface area contributed by atoms with Crippen LogP contribution in [0.5, 0.6) is 0 Å². The second-order valence-electron chi connectivity index (χ2n) is 3.03. The number of aromatic carboxylic acids is 1. The molecular formula is C10H7ClO2S. The van der Waals surface area contributed by atoms with Gasteiger partial charge in [0.15, 0.2) is 0 Å². The third-order valence-electron chi connectivity index (χ3n) is 2.11. The van der Waals surface area contributed by atoms with Gasteiger partial charge in [-0.05, 0) is 29.3 Å². The van der Waals surface area contributed by atoms with Crippen LogP contribution in [0.3, 0.4) is 0 Å². The number of hydrogen-bond acceptors (Lipinski definition) is 2. The van der Waals surface area contributed by atoms with E-state index >= 15 is 0 Å². The Balaban J connectivity index is 2.82. The van der Waals surface area contributed by atoms with Crippen LogP contribution in [0.4, 0.5) is 0 Å². The van der Waals surface area contributed by atoms with E-state index in [0.717, 1.165) is 15.6 Å². The van der Waals surface area contributed by atoms with Gasteiger partial charge in [-0.25, -0.2) is 4.79 Å². The summed E-state index contributed by atoms with van der Waals surface area (Å²) in [6.45, 7) is 1.98. The minimum atomic E-state index is -0.983. The summed E-state index contributed by atoms with van der Waals surface area (Å²) in [5.41, 5.74) is 1.30. The van der Waals surface area contributed by atoms with E-state index in [4.69, 9.17) is 16.7 Å². The highest BCUT2D eigenvalue weighted by atomic mass is 35.5. The first-order chi connectivity index (χ1) is 6.61. The minimum absolute atomic E-state index is 0.168. The smallest absolute Gasteiger partial charge is 0.337 e. The molecule has 2 nitrogen and oxygen atoms in total. The number of carbonyl (C=O) groups is 1. The zero-order chi connectivity index (χ0) is 10.3. The molecule has 1 N–H and O–H groups in total. The summed E-state index contributed by atoms with van der Waals surface area (Å²) < 4.78 is 0.851. The van der Waals surface area contributed by atoms with Crippen LogP contribution in [0.25, 0.3) is 10.1 Å². The molecule has 2 aromatic rings. The number of thiophene rings is 1. The van der Waals surface area contributed by atoms with Crippen molar-refractivity contribution in [1.82, 2.24) is 0 Å². The van der Waals surface area contributed by atoms with Crippen LogP contribution in [0.1, 0.15) is 15.9 Å². The van der Waals surface area contributed by atoms with Crippen molar-refractivity contribution in [2.24, 2.45) is 0 Å². The topological polar surface area (TPSA) is 37.3 Å². The first-order valence-corrected chi connectivity index (χ1v) is 5.26. The van der Waals surface area contributed by atoms with Crippen molar-refractivity contribution in [3.63, 3.8) is 0 Å². The molecule has 0 spiro atoms. The molecule has 0 aliphatic carbocycles. The minimum Gasteiger partial charge on any atom is -0.478 e. The maximum absolute atomic E-state index is 10.8. The Morgan fingerprint density at radius 3 is 2.86 bits per heavy atom. The first-order valence-electron chi connectivity index (χ1n) is 4.01. The second kappa shape index (κ2) is 3.26. The first kappa shape index (κ1) is 9.49. The Morgan fingerprint density at radius 2 is 2.21 bits per heavy atom. The Bertz CT molecular complexity index is 516. The Labute approximate surface area is 89.7 Å². The van der Waals surface area contributed by atoms with Crippen molar-refractivity contribution >= 4 is 39.0 Å². The van der Waals surface area contributed by atoms with Crippen molar-refractivity contribution in [2.75, 3.05) is 0 Å². The molecular weight excluding hydrogens is 220 g/mol. The summed E-state index contributed by atoms with van der Waals surface area (Å²) in [4.78, 5) is 10.8. The standard InChI is InChI=1S/C10H7ClO2S/c1-5-4-14-9-6(5)2-3-7(8(9)11)10(12)13/h2-4H,1H3,(H,12,13). The van der Waals surface area contributed by atoms with Gasteiger partial charge in [-0.1, -0.05) is 17.7 Å². The second-order valence-corrected chi connectivity index (χ2v) is 4.29. The monoisotopic (exact) mass is 226 g/mol. The van der Waals surface area contributed by atoms with Crippen LogP contribution in [0.2, 0.25) is 5.02 Å². The quantitative estimate of drug-likeness (QED) is 0.807. The van der Waals surface area contributed by atoms with E-state index in [-0.39, 0.29) is 5.56 Å². The normalized spacial score (nSPS) is 10.7. The van der Waals surface area contributed by atoms with Crippen molar-refractivity contribution < 1.29 is 9.90 Å². The van der Waals surface area contributed by atoms with Gasteiger partial charge in [-0.2, -0.15) is 0 Å². The third-order valence-corrected chi connectivity index (χ3v) is 3.74. The third kappa shape index (κ3) is 1.29. The van der Waals surface area contributed by atoms with Gasteiger partial charge in [0.1, 0.15) is 0 Å². The summed E-state index contributed by atoms with van der Waals surface area (Å²) in [6.07, 6.45) is 0. The lowest BCUT2D eigenvalue weighted by Gasteiger charge is -1.99. The number of benzene rings is 1. The van der Waals surface area contributed by atoms with Crippen LogP contribution in [-0.2, 0) is 0 Å². The van der Waals surface area contributed by atoms with Gasteiger partial charge in [-0.3, -0.25) is 0 Å². The van der Waals surface area contributed by atoms with Gasteiger partial charge < -0.3 is 5.11 Å². The predicted octanol–water partition coefficient (Wildman–Crippen LogP) is 3.56. The molecule has 0 aliphatic heterocycles. The molecule has 0 bridgehead atoms. The number of aryl methyl sites for hydroxylation is 1. The average Bonchev–Trinajstić information content (AvgIpc) is 2.49. The maximum atomic E-state index is 10.8. The Kier molecular flexibility index (Phi) is 2.21. The van der Waals surface area contributed by atoms with E-state index in [1.165, 1.54) is 11.3 Å². The highest BCUT2D eigenvalue weighted by Gasteiger charge is 2.13. The van der Waals surface area contributed by atoms with E-state index in [1.54, 1.807) is 12.1 Å². The number of halogens is 1. The van der Waals surface area contributed by atoms with Gasteiger partial charge in [0.2, 0.25) is 0 Å². The SMILES string of the molecule is Cc1csc2c(Cl)c(C(=O)O)ccc12. The molecule has 1 aromatic carbocycles. The fourth-order valence-electron chi connectivity index (χ4n) is 1.36. The molecule has 0 aliphatic rings. The van der Waals surface area contributed by atoms with Crippen LogP contribution in [0, 0.1) is 6.92 Å². The number of carboxylic acid groups (broad SMARTS) is 1. The molecule has 0 fully saturated rings. The lowest BCUT2D eigenvalue weighted by Crippen LogP contribution is -1.96. The molecule has 0 saturated carbocycles. The Hall–Kier alpha value is -1.06. The Morgan fingerprint density at radius 1 is 1.50 bits per heavy atom. The predicted molar refractivity (Wildman–Crippen MR) is 58.5 cm³/mol. The fraction of sp³-hybridized carbons (Fsp3) is 0.100. The van der Waals surface area contributed by atoms with E-state index in [1.807, 2.05) is 12.3 Å². The summed E-state index contributed by atoms with van der Waals surface area (Å²) in [6, 6.07) is 3.35. The van der Waals surface area contributed by atoms with Crippen LogP contribution >= 0.6 is 22.9 Å². The number of hydrogen-bond donors (Lipinski definition) is 1. The average molecular weight is 227 g/mol. The summed E-state index contributed by atoms with van der Waals surface area (Å²) in [5.74, 6) is -0.983. The molecule has 0 atom stereocenters. The van der Waals surface area contributed by atoms with E-state index in [2.05, 4.69) is 0 Å². The highest BCUT2D eigenvalue weighted by molar-refractivity contribution is 7.18. The molecule has 14 heavy (non-hydrogen) atoms. The van der Waals surface area contributed by atoms with Gasteiger partial charge >= 0.3 is 5.97 Å².